The summed E-state index contributed by atoms with van der Waals surface area (Å²) in [5, 5.41) is 0. The molecule has 0 rings (SSSR count). The van der Waals surface area contributed by atoms with E-state index in [0.717, 1.165) is 0 Å². The van der Waals surface area contributed by atoms with Gasteiger partial charge in [0.05, 0.1) is 19.6 Å². The Morgan fingerprint density at radius 1 is 1.36 bits per heavy atom. The van der Waals surface area contributed by atoms with Gasteiger partial charge in [0, 0.05) is 14.2 Å². The van der Waals surface area contributed by atoms with Gasteiger partial charge in [0.25, 0.3) is 0 Å². The molecule has 5 heteroatoms. The molecule has 0 aromatic heterocycles. The summed E-state index contributed by atoms with van der Waals surface area (Å²) in [6.07, 6.45) is 0.284. The number of amides is 1. The molecule has 0 aromatic rings. The van der Waals surface area contributed by atoms with E-state index in [1.165, 1.54) is 12.0 Å². The Balaban J connectivity index is 3.76. The SMILES string of the molecule is CCOC(=O)CN(C)C(=O)CCOC. The lowest BCUT2D eigenvalue weighted by molar-refractivity contribution is -0.148. The minimum atomic E-state index is -0.388. The van der Waals surface area contributed by atoms with Crippen LogP contribution in [0.4, 0.5) is 0 Å². The van der Waals surface area contributed by atoms with Crippen LogP contribution in [-0.2, 0) is 19.1 Å². The number of carbonyl (C=O) groups excluding carboxylic acids is 2. The predicted octanol–water partition coefficient (Wildman–Crippen LogP) is 0.0444. The molecule has 0 fully saturated rings. The Bertz CT molecular complexity index is 193. The summed E-state index contributed by atoms with van der Waals surface area (Å²) >= 11 is 0. The molecule has 0 atom stereocenters. The number of hydrogen-bond donors (Lipinski definition) is 0. The van der Waals surface area contributed by atoms with Gasteiger partial charge >= 0.3 is 5.97 Å². The molecule has 0 N–H and O–H groups in total. The van der Waals surface area contributed by atoms with E-state index in [1.54, 1.807) is 14.0 Å². The average molecular weight is 203 g/mol. The first-order valence-electron chi connectivity index (χ1n) is 4.50. The first kappa shape index (κ1) is 12.9. The topological polar surface area (TPSA) is 55.8 Å². The molecule has 0 unspecified atom stereocenters. The highest BCUT2D eigenvalue weighted by Gasteiger charge is 2.12. The van der Waals surface area contributed by atoms with Gasteiger partial charge in [0.2, 0.25) is 5.91 Å². The lowest BCUT2D eigenvalue weighted by atomic mass is 10.4. The average Bonchev–Trinajstić information content (AvgIpc) is 2.14. The predicted molar refractivity (Wildman–Crippen MR) is 50.8 cm³/mol. The number of methoxy groups -OCH3 is 1. The Morgan fingerprint density at radius 2 is 2.00 bits per heavy atom. The third kappa shape index (κ3) is 5.53. The fourth-order valence-electron chi connectivity index (χ4n) is 0.869. The second-order valence-corrected chi connectivity index (χ2v) is 2.80. The summed E-state index contributed by atoms with van der Waals surface area (Å²) in [4.78, 5) is 23.6. The summed E-state index contributed by atoms with van der Waals surface area (Å²) in [5.74, 6) is -0.513. The number of esters is 1. The highest BCUT2D eigenvalue weighted by molar-refractivity contribution is 5.81. The van der Waals surface area contributed by atoms with Crippen LogP contribution in [0.1, 0.15) is 13.3 Å². The maximum absolute atomic E-state index is 11.3. The van der Waals surface area contributed by atoms with Gasteiger partial charge in [-0.05, 0) is 6.92 Å². The summed E-state index contributed by atoms with van der Waals surface area (Å²) < 4.78 is 9.45. The molecule has 14 heavy (non-hydrogen) atoms. The molecule has 0 radical (unpaired) electrons. The van der Waals surface area contributed by atoms with E-state index in [1.807, 2.05) is 0 Å². The lowest BCUT2D eigenvalue weighted by Crippen LogP contribution is -2.33. The van der Waals surface area contributed by atoms with Gasteiger partial charge < -0.3 is 14.4 Å². The lowest BCUT2D eigenvalue weighted by Gasteiger charge is -2.15. The quantitative estimate of drug-likeness (QED) is 0.572. The fourth-order valence-corrected chi connectivity index (χ4v) is 0.869. The molecule has 1 amide bonds. The van der Waals surface area contributed by atoms with Crippen molar-refractivity contribution in [1.29, 1.82) is 0 Å². The highest BCUT2D eigenvalue weighted by Crippen LogP contribution is 1.92. The minimum Gasteiger partial charge on any atom is -0.465 e. The first-order chi connectivity index (χ1) is 6.61. The van der Waals surface area contributed by atoms with Crippen LogP contribution in [0.25, 0.3) is 0 Å². The summed E-state index contributed by atoms with van der Waals surface area (Å²) in [6.45, 7) is 2.42. The zero-order valence-electron chi connectivity index (χ0n) is 8.91. The largest absolute Gasteiger partial charge is 0.465 e. The second kappa shape index (κ2) is 7.32. The van der Waals surface area contributed by atoms with Crippen LogP contribution in [0, 0.1) is 0 Å². The van der Waals surface area contributed by atoms with Gasteiger partial charge in [-0.2, -0.15) is 0 Å². The van der Waals surface area contributed by atoms with Crippen molar-refractivity contribution < 1.29 is 19.1 Å². The van der Waals surface area contributed by atoms with Crippen LogP contribution >= 0.6 is 0 Å². The van der Waals surface area contributed by atoms with E-state index in [2.05, 4.69) is 0 Å². The summed E-state index contributed by atoms with van der Waals surface area (Å²) in [7, 11) is 3.09. The third-order valence-corrected chi connectivity index (χ3v) is 1.62. The molecule has 0 spiro atoms. The van der Waals surface area contributed by atoms with Crippen molar-refractivity contribution in [2.45, 2.75) is 13.3 Å². The van der Waals surface area contributed by atoms with Gasteiger partial charge in [0.15, 0.2) is 0 Å². The van der Waals surface area contributed by atoms with E-state index in [-0.39, 0.29) is 24.8 Å². The number of carbonyl (C=O) groups is 2. The molecule has 0 aliphatic heterocycles. The molecule has 5 nitrogen and oxygen atoms in total. The van der Waals surface area contributed by atoms with Crippen molar-refractivity contribution in [2.24, 2.45) is 0 Å². The molecule has 0 bridgehead atoms. The number of nitrogens with zero attached hydrogens (tertiary/aromatic N) is 1. The van der Waals surface area contributed by atoms with Gasteiger partial charge in [-0.3, -0.25) is 9.59 Å². The van der Waals surface area contributed by atoms with Crippen LogP contribution in [0.2, 0.25) is 0 Å². The Morgan fingerprint density at radius 3 is 2.50 bits per heavy atom. The molecule has 0 saturated heterocycles. The van der Waals surface area contributed by atoms with Crippen LogP contribution < -0.4 is 0 Å². The number of hydrogen-bond acceptors (Lipinski definition) is 4. The van der Waals surface area contributed by atoms with Gasteiger partial charge in [-0.1, -0.05) is 0 Å². The molecule has 0 aliphatic carbocycles. The first-order valence-corrected chi connectivity index (χ1v) is 4.50. The van der Waals surface area contributed by atoms with E-state index < -0.39 is 0 Å². The highest BCUT2D eigenvalue weighted by atomic mass is 16.5. The second-order valence-electron chi connectivity index (χ2n) is 2.80. The Labute approximate surface area is 84.0 Å². The van der Waals surface area contributed by atoms with Gasteiger partial charge in [0.1, 0.15) is 6.54 Å². The standard InChI is InChI=1S/C9H17NO4/c1-4-14-9(12)7-10(2)8(11)5-6-13-3/h4-7H2,1-3H3. The molecule has 0 saturated carbocycles. The van der Waals surface area contributed by atoms with E-state index in [4.69, 9.17) is 9.47 Å². The van der Waals surface area contributed by atoms with Crippen LogP contribution in [0.3, 0.4) is 0 Å². The normalized spacial score (nSPS) is 9.64. The molecule has 0 heterocycles. The Hall–Kier alpha value is -1.10. The van der Waals surface area contributed by atoms with Crippen molar-refractivity contribution in [3.05, 3.63) is 0 Å². The van der Waals surface area contributed by atoms with Crippen LogP contribution in [-0.4, -0.2) is 50.7 Å². The Kier molecular flexibility index (Phi) is 6.74. The number of likely N-dealkylation sites (N-methyl/N-ethyl adjacent to an activating group) is 1. The molecular formula is C9H17NO4. The molecule has 0 aliphatic rings. The smallest absolute Gasteiger partial charge is 0.325 e. The van der Waals surface area contributed by atoms with Crippen molar-refractivity contribution in [1.82, 2.24) is 4.90 Å². The fraction of sp³-hybridized carbons (Fsp3) is 0.778. The maximum atomic E-state index is 11.3. The van der Waals surface area contributed by atoms with Crippen LogP contribution in [0.5, 0.6) is 0 Å². The zero-order valence-corrected chi connectivity index (χ0v) is 8.91. The number of rotatable bonds is 6. The van der Waals surface area contributed by atoms with Crippen LogP contribution in [0.15, 0.2) is 0 Å². The monoisotopic (exact) mass is 203 g/mol. The summed E-state index contributed by atoms with van der Waals surface area (Å²) in [6, 6.07) is 0. The molecular weight excluding hydrogens is 186 g/mol. The molecule has 0 aromatic carbocycles. The van der Waals surface area contributed by atoms with E-state index >= 15 is 0 Å². The maximum Gasteiger partial charge on any atom is 0.325 e. The zero-order chi connectivity index (χ0) is 11.0. The number of ether oxygens (including phenoxy) is 2. The minimum absolute atomic E-state index is 0.00358. The van der Waals surface area contributed by atoms with E-state index in [0.29, 0.717) is 13.2 Å². The molecule has 82 valence electrons. The van der Waals surface area contributed by atoms with E-state index in [9.17, 15) is 9.59 Å². The van der Waals surface area contributed by atoms with Gasteiger partial charge in [-0.15, -0.1) is 0 Å². The van der Waals surface area contributed by atoms with Crippen molar-refractivity contribution in [3.8, 4) is 0 Å². The van der Waals surface area contributed by atoms with Crippen molar-refractivity contribution in [2.75, 3.05) is 33.9 Å². The van der Waals surface area contributed by atoms with Crippen molar-refractivity contribution >= 4 is 11.9 Å². The summed E-state index contributed by atoms with van der Waals surface area (Å²) in [5.41, 5.74) is 0. The van der Waals surface area contributed by atoms with Gasteiger partial charge in [-0.25, -0.2) is 0 Å². The third-order valence-electron chi connectivity index (χ3n) is 1.62. The van der Waals surface area contributed by atoms with Crippen molar-refractivity contribution in [3.63, 3.8) is 0 Å².